The minimum atomic E-state index is 0.259. The summed E-state index contributed by atoms with van der Waals surface area (Å²) in [6.45, 7) is 0. The lowest BCUT2D eigenvalue weighted by molar-refractivity contribution is 0.0856. The van der Waals surface area contributed by atoms with Crippen LogP contribution in [0.15, 0.2) is 54.6 Å². The summed E-state index contributed by atoms with van der Waals surface area (Å²) in [5.74, 6) is 0.579. The van der Waals surface area contributed by atoms with Gasteiger partial charge in [0.1, 0.15) is 0 Å². The van der Waals surface area contributed by atoms with Crippen molar-refractivity contribution in [1.82, 2.24) is 0 Å². The molecule has 1 nitrogen and oxygen atoms in total. The molecule has 0 heterocycles. The topological polar surface area (TPSA) is 17.1 Å². The van der Waals surface area contributed by atoms with Crippen molar-refractivity contribution >= 4 is 5.78 Å². The Hall–Kier alpha value is -1.89. The average molecular weight is 236 g/mol. The summed E-state index contributed by atoms with van der Waals surface area (Å²) >= 11 is 0. The zero-order chi connectivity index (χ0) is 12.4. The van der Waals surface area contributed by atoms with Crippen molar-refractivity contribution in [3.05, 3.63) is 60.2 Å². The maximum atomic E-state index is 12.4. The standard InChI is InChI=1S/C17H16O/c18-17(14-9-6-10-14)16-12-5-4-11-15(16)13-7-2-1-3-8-13/h1-5,7-8,11-12,14H,6,9-10H2. The Labute approximate surface area is 107 Å². The van der Waals surface area contributed by atoms with Crippen molar-refractivity contribution in [2.75, 3.05) is 0 Å². The molecule has 90 valence electrons. The summed E-state index contributed by atoms with van der Waals surface area (Å²) in [4.78, 5) is 12.4. The van der Waals surface area contributed by atoms with Gasteiger partial charge in [0.15, 0.2) is 5.78 Å². The van der Waals surface area contributed by atoms with E-state index in [9.17, 15) is 4.79 Å². The molecule has 0 bridgehead atoms. The highest BCUT2D eigenvalue weighted by atomic mass is 16.1. The first-order valence-corrected chi connectivity index (χ1v) is 6.55. The van der Waals surface area contributed by atoms with Crippen LogP contribution in [0.1, 0.15) is 29.6 Å². The van der Waals surface area contributed by atoms with Crippen LogP contribution < -0.4 is 0 Å². The SMILES string of the molecule is O=C(c1ccccc1-c1ccccc1)C1CCC1. The summed E-state index contributed by atoms with van der Waals surface area (Å²) < 4.78 is 0. The molecule has 2 aromatic rings. The molecule has 1 heteroatoms. The van der Waals surface area contributed by atoms with E-state index >= 15 is 0 Å². The number of hydrogen-bond acceptors (Lipinski definition) is 1. The van der Waals surface area contributed by atoms with Gasteiger partial charge in [0.25, 0.3) is 0 Å². The molecule has 1 aliphatic carbocycles. The van der Waals surface area contributed by atoms with Gasteiger partial charge in [-0.15, -0.1) is 0 Å². The molecule has 1 fully saturated rings. The first kappa shape index (κ1) is 11.2. The van der Waals surface area contributed by atoms with E-state index in [0.29, 0.717) is 5.78 Å². The molecule has 0 aromatic heterocycles. The van der Waals surface area contributed by atoms with Crippen LogP contribution in [0.2, 0.25) is 0 Å². The lowest BCUT2D eigenvalue weighted by atomic mass is 9.78. The smallest absolute Gasteiger partial charge is 0.166 e. The summed E-state index contributed by atoms with van der Waals surface area (Å²) in [6.07, 6.45) is 3.31. The molecule has 0 spiro atoms. The summed E-state index contributed by atoms with van der Waals surface area (Å²) in [5, 5.41) is 0. The van der Waals surface area contributed by atoms with Crippen LogP contribution in [-0.2, 0) is 0 Å². The van der Waals surface area contributed by atoms with E-state index < -0.39 is 0 Å². The first-order valence-electron chi connectivity index (χ1n) is 6.55. The van der Waals surface area contributed by atoms with E-state index in [4.69, 9.17) is 0 Å². The third-order valence-electron chi connectivity index (χ3n) is 3.75. The van der Waals surface area contributed by atoms with E-state index in [1.54, 1.807) is 0 Å². The van der Waals surface area contributed by atoms with Crippen LogP contribution in [-0.4, -0.2) is 5.78 Å². The van der Waals surface area contributed by atoms with Gasteiger partial charge in [-0.3, -0.25) is 4.79 Å². The van der Waals surface area contributed by atoms with Crippen LogP contribution in [0.4, 0.5) is 0 Å². The van der Waals surface area contributed by atoms with Crippen molar-refractivity contribution in [2.24, 2.45) is 5.92 Å². The van der Waals surface area contributed by atoms with E-state index in [-0.39, 0.29) is 5.92 Å². The maximum absolute atomic E-state index is 12.4. The van der Waals surface area contributed by atoms with Crippen LogP contribution in [0.25, 0.3) is 11.1 Å². The Morgan fingerprint density at radius 1 is 0.889 bits per heavy atom. The number of benzene rings is 2. The Balaban J connectivity index is 2.02. The molecule has 0 atom stereocenters. The van der Waals surface area contributed by atoms with E-state index in [2.05, 4.69) is 12.1 Å². The average Bonchev–Trinajstić information content (AvgIpc) is 2.38. The number of hydrogen-bond donors (Lipinski definition) is 0. The molecule has 0 amide bonds. The van der Waals surface area contributed by atoms with Crippen LogP contribution in [0, 0.1) is 5.92 Å². The molecule has 0 aliphatic heterocycles. The van der Waals surface area contributed by atoms with Gasteiger partial charge in [-0.2, -0.15) is 0 Å². The third kappa shape index (κ3) is 1.97. The second-order valence-electron chi connectivity index (χ2n) is 4.90. The zero-order valence-corrected chi connectivity index (χ0v) is 10.3. The van der Waals surface area contributed by atoms with E-state index in [0.717, 1.165) is 29.5 Å². The molecular formula is C17H16O. The second-order valence-corrected chi connectivity index (χ2v) is 4.90. The predicted octanol–water partition coefficient (Wildman–Crippen LogP) is 4.34. The van der Waals surface area contributed by atoms with Crippen LogP contribution >= 0.6 is 0 Å². The lowest BCUT2D eigenvalue weighted by Gasteiger charge is -2.24. The minimum Gasteiger partial charge on any atom is -0.294 e. The molecule has 18 heavy (non-hydrogen) atoms. The van der Waals surface area contributed by atoms with Crippen molar-refractivity contribution in [2.45, 2.75) is 19.3 Å². The fourth-order valence-corrected chi connectivity index (χ4v) is 2.46. The first-order chi connectivity index (χ1) is 8.86. The Bertz CT molecular complexity index is 553. The molecule has 1 aliphatic rings. The number of Topliss-reactive ketones (excluding diaryl/α,β-unsaturated/α-hetero) is 1. The monoisotopic (exact) mass is 236 g/mol. The van der Waals surface area contributed by atoms with Gasteiger partial charge in [-0.1, -0.05) is 61.0 Å². The summed E-state index contributed by atoms with van der Waals surface area (Å²) in [6, 6.07) is 18.1. The van der Waals surface area contributed by atoms with E-state index in [1.807, 2.05) is 42.5 Å². The van der Waals surface area contributed by atoms with Crippen molar-refractivity contribution in [3.8, 4) is 11.1 Å². The minimum absolute atomic E-state index is 0.259. The number of carbonyl (C=O) groups excluding carboxylic acids is 1. The second kappa shape index (κ2) is 4.77. The van der Waals surface area contributed by atoms with Gasteiger partial charge < -0.3 is 0 Å². The zero-order valence-electron chi connectivity index (χ0n) is 10.3. The van der Waals surface area contributed by atoms with Gasteiger partial charge in [-0.05, 0) is 24.0 Å². The Kier molecular flexibility index (Phi) is 2.97. The quantitative estimate of drug-likeness (QED) is 0.725. The number of ketones is 1. The molecule has 0 N–H and O–H groups in total. The molecule has 0 unspecified atom stereocenters. The number of rotatable bonds is 3. The Morgan fingerprint density at radius 2 is 1.56 bits per heavy atom. The number of carbonyl (C=O) groups is 1. The Morgan fingerprint density at radius 3 is 2.22 bits per heavy atom. The molecule has 1 saturated carbocycles. The van der Waals surface area contributed by atoms with Gasteiger partial charge in [-0.25, -0.2) is 0 Å². The molecule has 2 aromatic carbocycles. The highest BCUT2D eigenvalue weighted by Gasteiger charge is 2.27. The highest BCUT2D eigenvalue weighted by Crippen LogP contribution is 2.33. The van der Waals surface area contributed by atoms with Crippen molar-refractivity contribution < 1.29 is 4.79 Å². The highest BCUT2D eigenvalue weighted by molar-refractivity contribution is 6.04. The molecule has 3 rings (SSSR count). The largest absolute Gasteiger partial charge is 0.294 e. The molecule has 0 radical (unpaired) electrons. The van der Waals surface area contributed by atoms with Crippen molar-refractivity contribution in [1.29, 1.82) is 0 Å². The summed E-state index contributed by atoms with van der Waals surface area (Å²) in [5.41, 5.74) is 3.07. The van der Waals surface area contributed by atoms with Crippen LogP contribution in [0.3, 0.4) is 0 Å². The fraction of sp³-hybridized carbons (Fsp3) is 0.235. The maximum Gasteiger partial charge on any atom is 0.166 e. The van der Waals surface area contributed by atoms with Gasteiger partial charge in [0, 0.05) is 11.5 Å². The molecule has 0 saturated heterocycles. The van der Waals surface area contributed by atoms with Crippen molar-refractivity contribution in [3.63, 3.8) is 0 Å². The summed E-state index contributed by atoms with van der Waals surface area (Å²) in [7, 11) is 0. The lowest BCUT2D eigenvalue weighted by Crippen LogP contribution is -2.22. The normalized spacial score (nSPS) is 15.1. The van der Waals surface area contributed by atoms with E-state index in [1.165, 1.54) is 6.42 Å². The van der Waals surface area contributed by atoms with Crippen LogP contribution in [0.5, 0.6) is 0 Å². The predicted molar refractivity (Wildman–Crippen MR) is 73.5 cm³/mol. The molecular weight excluding hydrogens is 220 g/mol. The fourth-order valence-electron chi connectivity index (χ4n) is 2.46. The van der Waals surface area contributed by atoms with Gasteiger partial charge >= 0.3 is 0 Å². The van der Waals surface area contributed by atoms with Gasteiger partial charge in [0.05, 0.1) is 0 Å². The third-order valence-corrected chi connectivity index (χ3v) is 3.75. The van der Waals surface area contributed by atoms with Gasteiger partial charge in [0.2, 0.25) is 0 Å².